The SMILES string of the molecule is COc1cc2c(cc1NC(=O)CC1CNCCO1)oc1ccccc12.Cl. The van der Waals surface area contributed by atoms with Gasteiger partial charge in [-0.1, -0.05) is 18.2 Å². The van der Waals surface area contributed by atoms with Gasteiger partial charge in [-0.05, 0) is 12.1 Å². The van der Waals surface area contributed by atoms with Gasteiger partial charge in [0, 0.05) is 29.9 Å². The summed E-state index contributed by atoms with van der Waals surface area (Å²) < 4.78 is 16.9. The average molecular weight is 377 g/mol. The van der Waals surface area contributed by atoms with Crippen molar-refractivity contribution in [2.75, 3.05) is 32.1 Å². The highest BCUT2D eigenvalue weighted by Crippen LogP contribution is 2.36. The van der Waals surface area contributed by atoms with Crippen LogP contribution in [0, 0.1) is 0 Å². The highest BCUT2D eigenvalue weighted by molar-refractivity contribution is 6.07. The smallest absolute Gasteiger partial charge is 0.227 e. The minimum absolute atomic E-state index is 0. The molecule has 3 aromatic rings. The Morgan fingerprint density at radius 2 is 2.12 bits per heavy atom. The summed E-state index contributed by atoms with van der Waals surface area (Å²) in [7, 11) is 1.59. The number of morpholine rings is 1. The molecule has 2 N–H and O–H groups in total. The van der Waals surface area contributed by atoms with Gasteiger partial charge in [-0.15, -0.1) is 12.4 Å². The Hall–Kier alpha value is -2.28. The first-order valence-electron chi connectivity index (χ1n) is 8.36. The Labute approximate surface area is 157 Å². The highest BCUT2D eigenvalue weighted by Gasteiger charge is 2.19. The van der Waals surface area contributed by atoms with Crippen molar-refractivity contribution in [1.29, 1.82) is 0 Å². The van der Waals surface area contributed by atoms with E-state index in [4.69, 9.17) is 13.9 Å². The van der Waals surface area contributed by atoms with E-state index in [2.05, 4.69) is 10.6 Å². The minimum Gasteiger partial charge on any atom is -0.495 e. The van der Waals surface area contributed by atoms with Gasteiger partial charge in [0.15, 0.2) is 0 Å². The first-order chi connectivity index (χ1) is 12.2. The molecule has 0 saturated carbocycles. The normalized spacial score (nSPS) is 17.0. The van der Waals surface area contributed by atoms with E-state index in [-0.39, 0.29) is 24.4 Å². The van der Waals surface area contributed by atoms with Crippen LogP contribution in [0.15, 0.2) is 40.8 Å². The minimum atomic E-state index is -0.109. The molecular formula is C19H21ClN2O4. The summed E-state index contributed by atoms with van der Waals surface area (Å²) in [4.78, 5) is 12.4. The molecule has 7 heteroatoms. The maximum atomic E-state index is 12.4. The zero-order chi connectivity index (χ0) is 17.2. The van der Waals surface area contributed by atoms with Gasteiger partial charge in [-0.25, -0.2) is 0 Å². The Kier molecular flexibility index (Phi) is 5.66. The second-order valence-electron chi connectivity index (χ2n) is 6.10. The zero-order valence-electron chi connectivity index (χ0n) is 14.4. The molecule has 0 spiro atoms. The van der Waals surface area contributed by atoms with Gasteiger partial charge in [-0.3, -0.25) is 4.79 Å². The highest BCUT2D eigenvalue weighted by atomic mass is 35.5. The van der Waals surface area contributed by atoms with Gasteiger partial charge < -0.3 is 24.5 Å². The maximum Gasteiger partial charge on any atom is 0.227 e. The van der Waals surface area contributed by atoms with E-state index >= 15 is 0 Å². The van der Waals surface area contributed by atoms with Crippen LogP contribution in [0.2, 0.25) is 0 Å². The second-order valence-corrected chi connectivity index (χ2v) is 6.10. The van der Waals surface area contributed by atoms with Crippen molar-refractivity contribution >= 4 is 45.9 Å². The molecule has 4 rings (SSSR count). The van der Waals surface area contributed by atoms with Crippen molar-refractivity contribution in [2.24, 2.45) is 0 Å². The summed E-state index contributed by atoms with van der Waals surface area (Å²) in [6.45, 7) is 2.15. The number of fused-ring (bicyclic) bond motifs is 3. The number of amides is 1. The predicted molar refractivity (Wildman–Crippen MR) is 103 cm³/mol. The van der Waals surface area contributed by atoms with Crippen LogP contribution in [0.1, 0.15) is 6.42 Å². The molecule has 0 aliphatic carbocycles. The Morgan fingerprint density at radius 3 is 2.88 bits per heavy atom. The van der Waals surface area contributed by atoms with E-state index in [1.54, 1.807) is 7.11 Å². The molecule has 26 heavy (non-hydrogen) atoms. The number of carbonyl (C=O) groups is 1. The van der Waals surface area contributed by atoms with Crippen molar-refractivity contribution in [3.8, 4) is 5.75 Å². The molecule has 2 aromatic carbocycles. The van der Waals surface area contributed by atoms with Crippen LogP contribution in [-0.2, 0) is 9.53 Å². The third kappa shape index (κ3) is 3.62. The summed E-state index contributed by atoms with van der Waals surface area (Å²) in [5.74, 6) is 0.498. The van der Waals surface area contributed by atoms with Crippen LogP contribution in [0.5, 0.6) is 5.75 Å². The fourth-order valence-corrected chi connectivity index (χ4v) is 3.18. The van der Waals surface area contributed by atoms with Crippen LogP contribution in [0.4, 0.5) is 5.69 Å². The van der Waals surface area contributed by atoms with Crippen LogP contribution in [0.3, 0.4) is 0 Å². The zero-order valence-corrected chi connectivity index (χ0v) is 15.2. The van der Waals surface area contributed by atoms with Gasteiger partial charge in [0.1, 0.15) is 16.9 Å². The Bertz CT molecular complexity index is 918. The number of carbonyl (C=O) groups excluding carboxylic acids is 1. The number of hydrogen-bond acceptors (Lipinski definition) is 5. The van der Waals surface area contributed by atoms with E-state index in [9.17, 15) is 4.79 Å². The van der Waals surface area contributed by atoms with Crippen LogP contribution >= 0.6 is 12.4 Å². The van der Waals surface area contributed by atoms with Gasteiger partial charge in [0.25, 0.3) is 0 Å². The molecule has 1 saturated heterocycles. The number of halogens is 1. The summed E-state index contributed by atoms with van der Waals surface area (Å²) in [6.07, 6.45) is 0.198. The van der Waals surface area contributed by atoms with Crippen LogP contribution in [-0.4, -0.2) is 38.8 Å². The number of furan rings is 1. The van der Waals surface area contributed by atoms with E-state index in [0.29, 0.717) is 36.6 Å². The van der Waals surface area contributed by atoms with Crippen molar-refractivity contribution in [3.63, 3.8) is 0 Å². The van der Waals surface area contributed by atoms with Gasteiger partial charge in [0.05, 0.1) is 31.9 Å². The number of hydrogen-bond donors (Lipinski definition) is 2. The third-order valence-corrected chi connectivity index (χ3v) is 4.39. The number of benzene rings is 2. The molecule has 0 bridgehead atoms. The number of para-hydroxylation sites is 1. The largest absolute Gasteiger partial charge is 0.495 e. The number of anilines is 1. The van der Waals surface area contributed by atoms with Crippen molar-refractivity contribution in [2.45, 2.75) is 12.5 Å². The number of methoxy groups -OCH3 is 1. The summed E-state index contributed by atoms with van der Waals surface area (Å²) in [5.41, 5.74) is 2.13. The van der Waals surface area contributed by atoms with E-state index in [1.165, 1.54) is 0 Å². The molecule has 1 aromatic heterocycles. The molecule has 1 unspecified atom stereocenters. The number of nitrogens with one attached hydrogen (secondary N) is 2. The topological polar surface area (TPSA) is 72.7 Å². The predicted octanol–water partition coefficient (Wildman–Crippen LogP) is 3.33. The fraction of sp³-hybridized carbons (Fsp3) is 0.316. The first kappa shape index (κ1) is 18.5. The molecule has 138 valence electrons. The maximum absolute atomic E-state index is 12.4. The Balaban J connectivity index is 0.00000196. The van der Waals surface area contributed by atoms with E-state index in [0.717, 1.165) is 22.9 Å². The first-order valence-corrected chi connectivity index (χ1v) is 8.36. The third-order valence-electron chi connectivity index (χ3n) is 4.39. The van der Waals surface area contributed by atoms with Gasteiger partial charge in [-0.2, -0.15) is 0 Å². The monoisotopic (exact) mass is 376 g/mol. The molecule has 0 radical (unpaired) electrons. The van der Waals surface area contributed by atoms with E-state index in [1.807, 2.05) is 36.4 Å². The fourth-order valence-electron chi connectivity index (χ4n) is 3.18. The average Bonchev–Trinajstić information content (AvgIpc) is 2.99. The Morgan fingerprint density at radius 1 is 1.27 bits per heavy atom. The number of ether oxygens (including phenoxy) is 2. The molecule has 1 aliphatic heterocycles. The molecule has 2 heterocycles. The molecule has 6 nitrogen and oxygen atoms in total. The van der Waals surface area contributed by atoms with E-state index < -0.39 is 0 Å². The lowest BCUT2D eigenvalue weighted by Crippen LogP contribution is -2.40. The molecule has 1 atom stereocenters. The lowest BCUT2D eigenvalue weighted by atomic mass is 10.1. The van der Waals surface area contributed by atoms with Gasteiger partial charge in [0.2, 0.25) is 5.91 Å². The molecule has 1 aliphatic rings. The molecule has 1 amide bonds. The number of rotatable bonds is 4. The van der Waals surface area contributed by atoms with Gasteiger partial charge >= 0.3 is 0 Å². The molecular weight excluding hydrogens is 356 g/mol. The summed E-state index contributed by atoms with van der Waals surface area (Å²) in [5, 5.41) is 8.12. The quantitative estimate of drug-likeness (QED) is 0.730. The second kappa shape index (κ2) is 7.95. The van der Waals surface area contributed by atoms with Crippen LogP contribution in [0.25, 0.3) is 21.9 Å². The lowest BCUT2D eigenvalue weighted by Gasteiger charge is -2.23. The van der Waals surface area contributed by atoms with Crippen molar-refractivity contribution in [3.05, 3.63) is 36.4 Å². The summed E-state index contributed by atoms with van der Waals surface area (Å²) >= 11 is 0. The van der Waals surface area contributed by atoms with Crippen LogP contribution < -0.4 is 15.4 Å². The standard InChI is InChI=1S/C19H20N2O4.ClH/c1-23-18-9-14-13-4-2-3-5-16(13)25-17(14)10-15(18)21-19(22)8-12-11-20-6-7-24-12;/h2-5,9-10,12,20H,6-8,11H2,1H3,(H,21,22);1H. The molecule has 1 fully saturated rings. The van der Waals surface area contributed by atoms with Crippen molar-refractivity contribution in [1.82, 2.24) is 5.32 Å². The van der Waals surface area contributed by atoms with Crippen molar-refractivity contribution < 1.29 is 18.7 Å². The lowest BCUT2D eigenvalue weighted by molar-refractivity contribution is -0.119. The summed E-state index contributed by atoms with van der Waals surface area (Å²) in [6, 6.07) is 11.5.